The molecule has 0 amide bonds. The summed E-state index contributed by atoms with van der Waals surface area (Å²) in [5.74, 6) is 0. The van der Waals surface area contributed by atoms with Gasteiger partial charge in [-0.25, -0.2) is 0 Å². The van der Waals surface area contributed by atoms with Crippen molar-refractivity contribution in [3.05, 3.63) is 35.4 Å². The van der Waals surface area contributed by atoms with Gasteiger partial charge in [0.2, 0.25) is 0 Å². The number of hydrogen-bond acceptors (Lipinski definition) is 3. The van der Waals surface area contributed by atoms with E-state index in [1.165, 1.54) is 11.1 Å². The number of fused-ring (bicyclic) bond motifs is 1. The van der Waals surface area contributed by atoms with Crippen LogP contribution >= 0.6 is 12.2 Å². The Morgan fingerprint density at radius 3 is 3.00 bits per heavy atom. The van der Waals surface area contributed by atoms with Crippen molar-refractivity contribution in [1.29, 1.82) is 0 Å². The van der Waals surface area contributed by atoms with Crippen molar-refractivity contribution >= 4 is 17.2 Å². The van der Waals surface area contributed by atoms with Crippen LogP contribution in [0.3, 0.4) is 0 Å². The van der Waals surface area contributed by atoms with Crippen LogP contribution in [0.5, 0.6) is 0 Å². The molecular formula is C15H22N2OS. The highest BCUT2D eigenvalue weighted by Crippen LogP contribution is 2.27. The molecule has 1 heterocycles. The summed E-state index contributed by atoms with van der Waals surface area (Å²) >= 11 is 4.98. The van der Waals surface area contributed by atoms with Gasteiger partial charge in [0.25, 0.3) is 0 Å². The zero-order valence-corrected chi connectivity index (χ0v) is 12.5. The highest BCUT2D eigenvalue weighted by molar-refractivity contribution is 7.80. The van der Waals surface area contributed by atoms with E-state index in [1.54, 1.807) is 0 Å². The molecule has 0 fully saturated rings. The van der Waals surface area contributed by atoms with Crippen LogP contribution in [0.15, 0.2) is 24.3 Å². The third-order valence-corrected chi connectivity index (χ3v) is 3.96. The van der Waals surface area contributed by atoms with Crippen molar-refractivity contribution in [2.75, 3.05) is 20.2 Å². The van der Waals surface area contributed by atoms with E-state index in [0.717, 1.165) is 26.0 Å². The van der Waals surface area contributed by atoms with Crippen LogP contribution in [0.1, 0.15) is 30.6 Å². The molecule has 4 heteroatoms. The first-order valence-corrected chi connectivity index (χ1v) is 7.16. The van der Waals surface area contributed by atoms with Crippen LogP contribution in [-0.2, 0) is 11.2 Å². The van der Waals surface area contributed by atoms with Gasteiger partial charge in [0, 0.05) is 19.0 Å². The van der Waals surface area contributed by atoms with Crippen molar-refractivity contribution in [1.82, 2.24) is 4.90 Å². The molecular weight excluding hydrogens is 256 g/mol. The van der Waals surface area contributed by atoms with Gasteiger partial charge in [0.15, 0.2) is 0 Å². The predicted molar refractivity (Wildman–Crippen MR) is 82.3 cm³/mol. The third-order valence-electron chi connectivity index (χ3n) is 3.80. The molecule has 0 aromatic heterocycles. The number of benzene rings is 1. The maximum absolute atomic E-state index is 5.92. The van der Waals surface area contributed by atoms with Crippen LogP contribution in [0.4, 0.5) is 0 Å². The Hall–Kier alpha value is -0.970. The molecule has 0 bridgehead atoms. The molecule has 0 saturated heterocycles. The van der Waals surface area contributed by atoms with Gasteiger partial charge in [0.1, 0.15) is 0 Å². The topological polar surface area (TPSA) is 38.5 Å². The minimum Gasteiger partial charge on any atom is -0.393 e. The molecule has 2 unspecified atom stereocenters. The van der Waals surface area contributed by atoms with Crippen LogP contribution in [0.25, 0.3) is 0 Å². The average molecular weight is 278 g/mol. The number of rotatable bonds is 5. The summed E-state index contributed by atoms with van der Waals surface area (Å²) in [4.78, 5) is 2.84. The van der Waals surface area contributed by atoms with Gasteiger partial charge >= 0.3 is 0 Å². The predicted octanol–water partition coefficient (Wildman–Crippen LogP) is 2.30. The lowest BCUT2D eigenvalue weighted by Crippen LogP contribution is -2.37. The van der Waals surface area contributed by atoms with Gasteiger partial charge in [-0.05, 0) is 31.5 Å². The summed E-state index contributed by atoms with van der Waals surface area (Å²) in [6, 6.07) is 8.89. The second-order valence-corrected chi connectivity index (χ2v) is 5.79. The Morgan fingerprint density at radius 2 is 2.26 bits per heavy atom. The number of ether oxygens (including phenoxy) is 1. The highest BCUT2D eigenvalue weighted by Gasteiger charge is 2.23. The smallest absolute Gasteiger partial charge is 0.0954 e. The maximum atomic E-state index is 5.92. The van der Waals surface area contributed by atoms with Gasteiger partial charge in [-0.1, -0.05) is 36.5 Å². The van der Waals surface area contributed by atoms with Crippen LogP contribution in [-0.4, -0.2) is 36.1 Å². The largest absolute Gasteiger partial charge is 0.393 e. The standard InChI is InChI=1S/C15H22N2OS/c1-11(9-15(16)19)17(2)10-14-13-6-4-3-5-12(13)7-8-18-14/h3-6,11,14H,7-10H2,1-2H3,(H2,16,19). The Balaban J connectivity index is 2.02. The summed E-state index contributed by atoms with van der Waals surface area (Å²) in [5.41, 5.74) is 8.35. The first-order valence-electron chi connectivity index (χ1n) is 6.76. The maximum Gasteiger partial charge on any atom is 0.0954 e. The van der Waals surface area contributed by atoms with Crippen molar-refractivity contribution in [2.24, 2.45) is 5.73 Å². The molecule has 1 aliphatic rings. The first-order chi connectivity index (χ1) is 9.08. The second-order valence-electron chi connectivity index (χ2n) is 5.27. The molecule has 104 valence electrons. The van der Waals surface area contributed by atoms with Gasteiger partial charge in [0.05, 0.1) is 17.7 Å². The average Bonchev–Trinajstić information content (AvgIpc) is 2.38. The molecule has 1 aliphatic heterocycles. The van der Waals surface area contributed by atoms with Crippen LogP contribution in [0, 0.1) is 0 Å². The Kier molecular flexibility index (Phi) is 4.91. The molecule has 2 rings (SSSR count). The molecule has 0 radical (unpaired) electrons. The fourth-order valence-electron chi connectivity index (χ4n) is 2.52. The Morgan fingerprint density at radius 1 is 1.53 bits per heavy atom. The number of thiocarbonyl (C=S) groups is 1. The summed E-state index contributed by atoms with van der Waals surface area (Å²) in [5, 5.41) is 0. The second kappa shape index (κ2) is 6.46. The molecule has 0 aliphatic carbocycles. The van der Waals surface area contributed by atoms with Crippen LogP contribution < -0.4 is 5.73 Å². The van der Waals surface area contributed by atoms with E-state index in [0.29, 0.717) is 11.0 Å². The van der Waals surface area contributed by atoms with Gasteiger partial charge in [-0.2, -0.15) is 0 Å². The summed E-state index contributed by atoms with van der Waals surface area (Å²) in [6.45, 7) is 3.83. The van der Waals surface area contributed by atoms with Crippen molar-refractivity contribution < 1.29 is 4.74 Å². The normalized spacial score (nSPS) is 20.1. The summed E-state index contributed by atoms with van der Waals surface area (Å²) in [6.07, 6.45) is 1.92. The quantitative estimate of drug-likeness (QED) is 0.839. The first kappa shape index (κ1) is 14.4. The van der Waals surface area contributed by atoms with Crippen molar-refractivity contribution in [3.63, 3.8) is 0 Å². The molecule has 0 saturated carbocycles. The zero-order chi connectivity index (χ0) is 13.8. The van der Waals surface area contributed by atoms with E-state index in [1.807, 2.05) is 0 Å². The monoisotopic (exact) mass is 278 g/mol. The van der Waals surface area contributed by atoms with E-state index in [9.17, 15) is 0 Å². The van der Waals surface area contributed by atoms with Crippen LogP contribution in [0.2, 0.25) is 0 Å². The van der Waals surface area contributed by atoms with E-state index < -0.39 is 0 Å². The molecule has 3 nitrogen and oxygen atoms in total. The minimum absolute atomic E-state index is 0.156. The fourth-order valence-corrected chi connectivity index (χ4v) is 2.76. The summed E-state index contributed by atoms with van der Waals surface area (Å²) < 4.78 is 5.92. The number of nitrogens with two attached hydrogens (primary N) is 1. The number of nitrogens with zero attached hydrogens (tertiary/aromatic N) is 1. The van der Waals surface area contributed by atoms with Gasteiger partial charge in [-0.3, -0.25) is 0 Å². The lowest BCUT2D eigenvalue weighted by Gasteiger charge is -2.32. The van der Waals surface area contributed by atoms with Crippen molar-refractivity contribution in [2.45, 2.75) is 31.9 Å². The fraction of sp³-hybridized carbons (Fsp3) is 0.533. The molecule has 2 atom stereocenters. The Labute approximate surface area is 120 Å². The van der Waals surface area contributed by atoms with E-state index in [4.69, 9.17) is 22.7 Å². The number of hydrogen-bond donors (Lipinski definition) is 1. The molecule has 2 N–H and O–H groups in total. The lowest BCUT2D eigenvalue weighted by molar-refractivity contribution is 0.0148. The SMILES string of the molecule is CC(CC(N)=S)N(C)CC1OCCc2ccccc21. The minimum atomic E-state index is 0.156. The van der Waals surface area contributed by atoms with E-state index >= 15 is 0 Å². The summed E-state index contributed by atoms with van der Waals surface area (Å²) in [7, 11) is 2.10. The molecule has 1 aromatic rings. The molecule has 0 spiro atoms. The third kappa shape index (κ3) is 3.75. The lowest BCUT2D eigenvalue weighted by atomic mass is 9.97. The van der Waals surface area contributed by atoms with Gasteiger partial charge < -0.3 is 15.4 Å². The zero-order valence-electron chi connectivity index (χ0n) is 11.6. The molecule has 19 heavy (non-hydrogen) atoms. The highest BCUT2D eigenvalue weighted by atomic mass is 32.1. The Bertz CT molecular complexity index is 450. The van der Waals surface area contributed by atoms with Crippen molar-refractivity contribution in [3.8, 4) is 0 Å². The molecule has 1 aromatic carbocycles. The van der Waals surface area contributed by atoms with E-state index in [-0.39, 0.29) is 6.10 Å². The van der Waals surface area contributed by atoms with Gasteiger partial charge in [-0.15, -0.1) is 0 Å². The van der Waals surface area contributed by atoms with E-state index in [2.05, 4.69) is 43.1 Å². The number of likely N-dealkylation sites (N-methyl/N-ethyl adjacent to an activating group) is 1.